The van der Waals surface area contributed by atoms with E-state index in [1.54, 1.807) is 29.4 Å². The van der Waals surface area contributed by atoms with Crippen LogP contribution in [0.4, 0.5) is 0 Å². The smallest absolute Gasteiger partial charge is 0.256 e. The molecule has 5 heteroatoms. The molecule has 1 unspecified atom stereocenters. The van der Waals surface area contributed by atoms with Crippen molar-refractivity contribution in [1.82, 2.24) is 14.8 Å². The third-order valence-electron chi connectivity index (χ3n) is 4.19. The molecule has 1 fully saturated rings. The number of benzene rings is 1. The number of aromatic nitrogens is 1. The van der Waals surface area contributed by atoms with E-state index in [2.05, 4.69) is 9.88 Å². The molecular formula is C18H21N3O2. The highest BCUT2D eigenvalue weighted by Crippen LogP contribution is 2.17. The van der Waals surface area contributed by atoms with Crippen molar-refractivity contribution in [3.63, 3.8) is 0 Å². The normalized spacial score (nSPS) is 17.0. The Kier molecular flexibility index (Phi) is 5.00. The first-order valence-corrected chi connectivity index (χ1v) is 7.87. The second-order valence-electron chi connectivity index (χ2n) is 5.77. The van der Waals surface area contributed by atoms with Crippen LogP contribution in [0.15, 0.2) is 54.9 Å². The monoisotopic (exact) mass is 311 g/mol. The minimum absolute atomic E-state index is 0.209. The largest absolute Gasteiger partial charge is 0.378 e. The van der Waals surface area contributed by atoms with Gasteiger partial charge in [-0.1, -0.05) is 30.3 Å². The summed E-state index contributed by atoms with van der Waals surface area (Å²) in [6, 6.07) is 13.1. The Balaban J connectivity index is 1.53. The molecule has 1 amide bonds. The molecule has 1 atom stereocenters. The van der Waals surface area contributed by atoms with Crippen LogP contribution in [0.5, 0.6) is 0 Å². The van der Waals surface area contributed by atoms with Crippen LogP contribution in [0, 0.1) is 0 Å². The molecule has 3 rings (SSSR count). The van der Waals surface area contributed by atoms with E-state index in [-0.39, 0.29) is 5.91 Å². The summed E-state index contributed by atoms with van der Waals surface area (Å²) in [5, 5.41) is 10.2. The minimum atomic E-state index is -1.07. The van der Waals surface area contributed by atoms with Crippen LogP contribution in [-0.2, 0) is 11.3 Å². The molecule has 1 aliphatic rings. The van der Waals surface area contributed by atoms with Crippen molar-refractivity contribution < 1.29 is 9.90 Å². The average molecular weight is 311 g/mol. The molecule has 0 spiro atoms. The number of nitrogens with zero attached hydrogens (tertiary/aromatic N) is 3. The van der Waals surface area contributed by atoms with E-state index in [1.807, 2.05) is 30.3 Å². The maximum Gasteiger partial charge on any atom is 0.256 e. The Morgan fingerprint density at radius 2 is 1.70 bits per heavy atom. The lowest BCUT2D eigenvalue weighted by Gasteiger charge is -2.35. The molecule has 2 heterocycles. The number of piperazine rings is 1. The van der Waals surface area contributed by atoms with Gasteiger partial charge in [-0.05, 0) is 23.3 Å². The highest BCUT2D eigenvalue weighted by Gasteiger charge is 2.26. The van der Waals surface area contributed by atoms with Crippen LogP contribution >= 0.6 is 0 Å². The van der Waals surface area contributed by atoms with Crippen LogP contribution in [0.3, 0.4) is 0 Å². The molecular weight excluding hydrogens is 290 g/mol. The van der Waals surface area contributed by atoms with Gasteiger partial charge < -0.3 is 10.0 Å². The van der Waals surface area contributed by atoms with Gasteiger partial charge in [0.15, 0.2) is 6.10 Å². The van der Waals surface area contributed by atoms with E-state index in [9.17, 15) is 9.90 Å². The molecule has 120 valence electrons. The predicted molar refractivity (Wildman–Crippen MR) is 87.5 cm³/mol. The van der Waals surface area contributed by atoms with Crippen molar-refractivity contribution in [3.8, 4) is 0 Å². The minimum Gasteiger partial charge on any atom is -0.378 e. The van der Waals surface area contributed by atoms with Crippen molar-refractivity contribution in [2.75, 3.05) is 26.2 Å². The third kappa shape index (κ3) is 3.94. The van der Waals surface area contributed by atoms with Gasteiger partial charge in [0.1, 0.15) is 0 Å². The van der Waals surface area contributed by atoms with Crippen LogP contribution in [-0.4, -0.2) is 52.0 Å². The third-order valence-corrected chi connectivity index (χ3v) is 4.19. The van der Waals surface area contributed by atoms with E-state index in [1.165, 1.54) is 5.56 Å². The molecule has 1 aliphatic heterocycles. The molecule has 0 radical (unpaired) electrons. The lowest BCUT2D eigenvalue weighted by Crippen LogP contribution is -2.49. The molecule has 1 N–H and O–H groups in total. The number of amides is 1. The van der Waals surface area contributed by atoms with Crippen molar-refractivity contribution >= 4 is 5.91 Å². The van der Waals surface area contributed by atoms with Crippen LogP contribution < -0.4 is 0 Å². The number of carbonyl (C=O) groups excluding carboxylic acids is 1. The Morgan fingerprint density at radius 3 is 2.35 bits per heavy atom. The lowest BCUT2D eigenvalue weighted by atomic mass is 10.1. The Labute approximate surface area is 136 Å². The van der Waals surface area contributed by atoms with Gasteiger partial charge in [0, 0.05) is 45.1 Å². The fourth-order valence-corrected chi connectivity index (χ4v) is 2.82. The second kappa shape index (κ2) is 7.35. The van der Waals surface area contributed by atoms with Gasteiger partial charge in [-0.15, -0.1) is 0 Å². The molecule has 1 aromatic carbocycles. The van der Waals surface area contributed by atoms with Crippen LogP contribution in [0.2, 0.25) is 0 Å². The Bertz CT molecular complexity index is 625. The summed E-state index contributed by atoms with van der Waals surface area (Å²) in [7, 11) is 0. The summed E-state index contributed by atoms with van der Waals surface area (Å²) in [5.41, 5.74) is 1.88. The SMILES string of the molecule is O=C(C(O)c1ccccc1)N1CCN(Cc2ccncc2)CC1. The van der Waals surface area contributed by atoms with Crippen molar-refractivity contribution in [1.29, 1.82) is 0 Å². The summed E-state index contributed by atoms with van der Waals surface area (Å²) >= 11 is 0. The van der Waals surface area contributed by atoms with E-state index in [0.29, 0.717) is 18.7 Å². The van der Waals surface area contributed by atoms with Gasteiger partial charge in [0.05, 0.1) is 0 Å². The van der Waals surface area contributed by atoms with Crippen LogP contribution in [0.25, 0.3) is 0 Å². The highest BCUT2D eigenvalue weighted by atomic mass is 16.3. The van der Waals surface area contributed by atoms with Crippen molar-refractivity contribution in [3.05, 3.63) is 66.0 Å². The zero-order valence-electron chi connectivity index (χ0n) is 13.0. The highest BCUT2D eigenvalue weighted by molar-refractivity contribution is 5.82. The fourth-order valence-electron chi connectivity index (χ4n) is 2.82. The molecule has 0 aliphatic carbocycles. The maximum absolute atomic E-state index is 12.4. The summed E-state index contributed by atoms with van der Waals surface area (Å²) in [6.45, 7) is 3.79. The summed E-state index contributed by atoms with van der Waals surface area (Å²) in [6.07, 6.45) is 2.53. The molecule has 23 heavy (non-hydrogen) atoms. The van der Waals surface area contributed by atoms with E-state index in [4.69, 9.17) is 0 Å². The Morgan fingerprint density at radius 1 is 1.04 bits per heavy atom. The molecule has 0 saturated carbocycles. The molecule has 0 bridgehead atoms. The zero-order valence-corrected chi connectivity index (χ0v) is 13.0. The summed E-state index contributed by atoms with van der Waals surface area (Å²) < 4.78 is 0. The van der Waals surface area contributed by atoms with Gasteiger partial charge in [-0.3, -0.25) is 14.7 Å². The summed E-state index contributed by atoms with van der Waals surface area (Å²) in [5.74, 6) is -0.209. The first-order chi connectivity index (χ1) is 11.2. The maximum atomic E-state index is 12.4. The summed E-state index contributed by atoms with van der Waals surface area (Å²) in [4.78, 5) is 20.5. The molecule has 5 nitrogen and oxygen atoms in total. The molecule has 2 aromatic rings. The number of hydrogen-bond donors (Lipinski definition) is 1. The van der Waals surface area contributed by atoms with Crippen molar-refractivity contribution in [2.45, 2.75) is 12.6 Å². The van der Waals surface area contributed by atoms with Gasteiger partial charge >= 0.3 is 0 Å². The standard InChI is InChI=1S/C18H21N3O2/c22-17(16-4-2-1-3-5-16)18(23)21-12-10-20(11-13-21)14-15-6-8-19-9-7-15/h1-9,17,22H,10-14H2. The number of rotatable bonds is 4. The first kappa shape index (κ1) is 15.6. The fraction of sp³-hybridized carbons (Fsp3) is 0.333. The first-order valence-electron chi connectivity index (χ1n) is 7.87. The van der Waals surface area contributed by atoms with Gasteiger partial charge in [-0.25, -0.2) is 0 Å². The number of carbonyl (C=O) groups is 1. The average Bonchev–Trinajstić information content (AvgIpc) is 2.63. The lowest BCUT2D eigenvalue weighted by molar-refractivity contribution is -0.142. The molecule has 1 aromatic heterocycles. The second-order valence-corrected chi connectivity index (χ2v) is 5.77. The molecule has 1 saturated heterocycles. The van der Waals surface area contributed by atoms with Gasteiger partial charge in [0.25, 0.3) is 5.91 Å². The van der Waals surface area contributed by atoms with Crippen molar-refractivity contribution in [2.24, 2.45) is 0 Å². The topological polar surface area (TPSA) is 56.7 Å². The van der Waals surface area contributed by atoms with Crippen LogP contribution in [0.1, 0.15) is 17.2 Å². The zero-order chi connectivity index (χ0) is 16.1. The number of aliphatic hydroxyl groups excluding tert-OH is 1. The van der Waals surface area contributed by atoms with E-state index >= 15 is 0 Å². The van der Waals surface area contributed by atoms with Gasteiger partial charge in [-0.2, -0.15) is 0 Å². The number of aliphatic hydroxyl groups is 1. The quantitative estimate of drug-likeness (QED) is 0.929. The van der Waals surface area contributed by atoms with Gasteiger partial charge in [0.2, 0.25) is 0 Å². The van der Waals surface area contributed by atoms with E-state index in [0.717, 1.165) is 19.6 Å². The predicted octanol–water partition coefficient (Wildman–Crippen LogP) is 1.46. The Hall–Kier alpha value is -2.24. The number of hydrogen-bond acceptors (Lipinski definition) is 4. The van der Waals surface area contributed by atoms with E-state index < -0.39 is 6.10 Å². The number of pyridine rings is 1.